The van der Waals surface area contributed by atoms with Gasteiger partial charge in [-0.3, -0.25) is 4.79 Å². The Morgan fingerprint density at radius 2 is 2.00 bits per heavy atom. The Kier molecular flexibility index (Phi) is 1.76. The van der Waals surface area contributed by atoms with E-state index in [2.05, 4.69) is 0 Å². The summed E-state index contributed by atoms with van der Waals surface area (Å²) in [6.45, 7) is 0. The number of carbonyl (C=O) groups excluding carboxylic acids is 1. The zero-order chi connectivity index (χ0) is 10.4. The molecule has 2 aliphatic rings. The molecule has 0 amide bonds. The van der Waals surface area contributed by atoms with E-state index in [1.165, 1.54) is 0 Å². The van der Waals surface area contributed by atoms with Crippen molar-refractivity contribution in [3.8, 4) is 0 Å². The fourth-order valence-corrected chi connectivity index (χ4v) is 3.42. The number of rotatable bonds is 0. The van der Waals surface area contributed by atoms with Crippen molar-refractivity contribution in [2.45, 2.75) is 11.3 Å². The molecule has 0 fully saturated rings. The Bertz CT molecular complexity index is 552. The van der Waals surface area contributed by atoms with Gasteiger partial charge >= 0.3 is 0 Å². The van der Waals surface area contributed by atoms with Crippen molar-refractivity contribution in [1.82, 2.24) is 0 Å². The summed E-state index contributed by atoms with van der Waals surface area (Å²) >= 11 is 0. The van der Waals surface area contributed by atoms with Gasteiger partial charge in [-0.05, 0) is 12.1 Å². The lowest BCUT2D eigenvalue weighted by atomic mass is 9.96. The molecule has 1 heterocycles. The van der Waals surface area contributed by atoms with Gasteiger partial charge in [-0.1, -0.05) is 24.3 Å². The predicted octanol–water partition coefficient (Wildman–Crippen LogP) is 2.05. The average molecular weight is 216 g/mol. The van der Waals surface area contributed by atoms with Crippen LogP contribution in [0.3, 0.4) is 0 Å². The van der Waals surface area contributed by atoms with Crippen LogP contribution in [0.15, 0.2) is 46.2 Å². The molecule has 74 valence electrons. The van der Waals surface area contributed by atoms with Crippen molar-refractivity contribution >= 4 is 22.2 Å². The Balaban J connectivity index is 2.33. The maximum Gasteiger partial charge on any atom is 0.168 e. The Morgan fingerprint density at radius 1 is 1.20 bits per heavy atom. The molecule has 0 radical (unpaired) electrons. The summed E-state index contributed by atoms with van der Waals surface area (Å²) in [7, 11) is -1.16. The fourth-order valence-electron chi connectivity index (χ4n) is 1.99. The lowest BCUT2D eigenvalue weighted by Crippen LogP contribution is -2.03. The molecule has 0 saturated carbocycles. The molecule has 1 unspecified atom stereocenters. The molecule has 15 heavy (non-hydrogen) atoms. The van der Waals surface area contributed by atoms with Gasteiger partial charge in [0.1, 0.15) is 0 Å². The molecule has 1 aromatic rings. The minimum Gasteiger partial charge on any atom is -0.294 e. The monoisotopic (exact) mass is 216 g/mol. The number of allylic oxidation sites excluding steroid dienone is 3. The summed E-state index contributed by atoms with van der Waals surface area (Å²) in [6.07, 6.45) is 4.02. The van der Waals surface area contributed by atoms with E-state index in [1.54, 1.807) is 6.08 Å². The quantitative estimate of drug-likeness (QED) is 0.665. The van der Waals surface area contributed by atoms with Crippen molar-refractivity contribution in [2.24, 2.45) is 0 Å². The number of hydrogen-bond acceptors (Lipinski definition) is 2. The SMILES string of the molecule is O=C1CC=CC2=C1c1ccccc1S2=O. The molecule has 1 atom stereocenters. The third-order valence-electron chi connectivity index (χ3n) is 2.65. The standard InChI is InChI=1S/C12H8O2S/c13-9-5-3-7-11-12(9)8-4-1-2-6-10(8)15(11)14/h1-4,6-7H,5H2. The molecule has 3 rings (SSSR count). The van der Waals surface area contributed by atoms with Gasteiger partial charge in [0.2, 0.25) is 0 Å². The van der Waals surface area contributed by atoms with Crippen molar-refractivity contribution in [3.63, 3.8) is 0 Å². The van der Waals surface area contributed by atoms with E-state index in [1.807, 2.05) is 30.3 Å². The first-order chi connectivity index (χ1) is 7.29. The van der Waals surface area contributed by atoms with Gasteiger partial charge in [-0.2, -0.15) is 0 Å². The van der Waals surface area contributed by atoms with Crippen molar-refractivity contribution in [2.75, 3.05) is 0 Å². The molecular weight excluding hydrogens is 208 g/mol. The minimum absolute atomic E-state index is 0.0748. The summed E-state index contributed by atoms with van der Waals surface area (Å²) in [5, 5.41) is 0. The van der Waals surface area contributed by atoms with Gasteiger partial charge in [0.25, 0.3) is 0 Å². The number of carbonyl (C=O) groups is 1. The van der Waals surface area contributed by atoms with E-state index >= 15 is 0 Å². The van der Waals surface area contributed by atoms with Crippen molar-refractivity contribution in [3.05, 3.63) is 46.9 Å². The fraction of sp³-hybridized carbons (Fsp3) is 0.0833. The highest BCUT2D eigenvalue weighted by Gasteiger charge is 2.31. The first-order valence-corrected chi connectivity index (χ1v) is 5.89. The molecule has 3 heteroatoms. The van der Waals surface area contributed by atoms with Gasteiger partial charge in [-0.15, -0.1) is 0 Å². The predicted molar refractivity (Wildman–Crippen MR) is 58.5 cm³/mol. The van der Waals surface area contributed by atoms with Crippen LogP contribution in [0.2, 0.25) is 0 Å². The topological polar surface area (TPSA) is 34.1 Å². The van der Waals surface area contributed by atoms with Crippen LogP contribution in [0, 0.1) is 0 Å². The molecule has 1 aliphatic heterocycles. The van der Waals surface area contributed by atoms with Crippen LogP contribution in [-0.2, 0) is 15.6 Å². The van der Waals surface area contributed by atoms with Crippen LogP contribution >= 0.6 is 0 Å². The summed E-state index contributed by atoms with van der Waals surface area (Å²) in [5.74, 6) is 0.0748. The van der Waals surface area contributed by atoms with E-state index in [-0.39, 0.29) is 5.78 Å². The zero-order valence-electron chi connectivity index (χ0n) is 7.90. The Hall–Kier alpha value is -1.48. The highest BCUT2D eigenvalue weighted by atomic mass is 32.2. The number of hydrogen-bond donors (Lipinski definition) is 0. The van der Waals surface area contributed by atoms with Gasteiger partial charge in [0, 0.05) is 17.6 Å². The zero-order valence-corrected chi connectivity index (χ0v) is 8.71. The highest BCUT2D eigenvalue weighted by molar-refractivity contribution is 7.90. The normalized spacial score (nSPS) is 22.9. The number of fused-ring (bicyclic) bond motifs is 2. The second-order valence-electron chi connectivity index (χ2n) is 3.53. The van der Waals surface area contributed by atoms with Crippen LogP contribution in [0.1, 0.15) is 12.0 Å². The van der Waals surface area contributed by atoms with Gasteiger partial charge < -0.3 is 0 Å². The molecule has 1 aromatic carbocycles. The van der Waals surface area contributed by atoms with E-state index in [0.29, 0.717) is 16.9 Å². The lowest BCUT2D eigenvalue weighted by molar-refractivity contribution is -0.113. The Labute approximate surface area is 89.8 Å². The first kappa shape index (κ1) is 8.80. The molecule has 0 saturated heterocycles. The second-order valence-corrected chi connectivity index (χ2v) is 4.95. The van der Waals surface area contributed by atoms with Gasteiger partial charge in [0.05, 0.1) is 20.6 Å². The summed E-state index contributed by atoms with van der Waals surface area (Å²) in [4.78, 5) is 13.2. The lowest BCUT2D eigenvalue weighted by Gasteiger charge is -2.05. The summed E-state index contributed by atoms with van der Waals surface area (Å²) < 4.78 is 12.0. The smallest absolute Gasteiger partial charge is 0.168 e. The van der Waals surface area contributed by atoms with E-state index in [9.17, 15) is 9.00 Å². The number of benzene rings is 1. The average Bonchev–Trinajstić information content (AvgIpc) is 2.55. The van der Waals surface area contributed by atoms with E-state index in [0.717, 1.165) is 10.5 Å². The summed E-state index contributed by atoms with van der Waals surface area (Å²) in [5.41, 5.74) is 1.51. The summed E-state index contributed by atoms with van der Waals surface area (Å²) in [6, 6.07) is 7.42. The highest BCUT2D eigenvalue weighted by Crippen LogP contribution is 2.39. The van der Waals surface area contributed by atoms with Crippen LogP contribution in [-0.4, -0.2) is 9.99 Å². The third kappa shape index (κ3) is 1.10. The van der Waals surface area contributed by atoms with Crippen LogP contribution in [0.4, 0.5) is 0 Å². The molecule has 0 spiro atoms. The van der Waals surface area contributed by atoms with Crippen LogP contribution < -0.4 is 0 Å². The van der Waals surface area contributed by atoms with Gasteiger partial charge in [-0.25, -0.2) is 4.21 Å². The van der Waals surface area contributed by atoms with Crippen molar-refractivity contribution < 1.29 is 9.00 Å². The maximum atomic E-state index is 12.0. The molecule has 1 aliphatic carbocycles. The number of Topliss-reactive ketones (excluding diaryl/α,β-unsaturated/α-hetero) is 1. The van der Waals surface area contributed by atoms with Crippen molar-refractivity contribution in [1.29, 1.82) is 0 Å². The van der Waals surface area contributed by atoms with E-state index in [4.69, 9.17) is 0 Å². The van der Waals surface area contributed by atoms with Crippen LogP contribution in [0.25, 0.3) is 5.57 Å². The van der Waals surface area contributed by atoms with Crippen LogP contribution in [0.5, 0.6) is 0 Å². The number of ketones is 1. The molecule has 2 nitrogen and oxygen atoms in total. The largest absolute Gasteiger partial charge is 0.294 e. The molecular formula is C12H8O2S. The maximum absolute atomic E-state index is 12.0. The third-order valence-corrected chi connectivity index (χ3v) is 4.15. The van der Waals surface area contributed by atoms with Gasteiger partial charge in [0.15, 0.2) is 5.78 Å². The minimum atomic E-state index is -1.16. The Morgan fingerprint density at radius 3 is 2.87 bits per heavy atom. The molecule has 0 N–H and O–H groups in total. The van der Waals surface area contributed by atoms with E-state index < -0.39 is 10.8 Å². The molecule has 0 bridgehead atoms. The molecule has 0 aromatic heterocycles. The first-order valence-electron chi connectivity index (χ1n) is 4.74. The second kappa shape index (κ2) is 3.00.